The van der Waals surface area contributed by atoms with Gasteiger partial charge >= 0.3 is 0 Å². The number of carbonyl (C=O) groups excluding carboxylic acids is 2. The van der Waals surface area contributed by atoms with Gasteiger partial charge in [-0.3, -0.25) is 14.3 Å². The second kappa shape index (κ2) is 7.15. The van der Waals surface area contributed by atoms with Crippen molar-refractivity contribution < 1.29 is 9.59 Å². The molecule has 128 valence electrons. The van der Waals surface area contributed by atoms with Crippen LogP contribution in [0.5, 0.6) is 0 Å². The van der Waals surface area contributed by atoms with Gasteiger partial charge in [0, 0.05) is 50.4 Å². The Morgan fingerprint density at radius 1 is 1.09 bits per heavy atom. The van der Waals surface area contributed by atoms with Crippen LogP contribution in [0.15, 0.2) is 0 Å². The smallest absolute Gasteiger partial charge is 0.227 e. The highest BCUT2D eigenvalue weighted by molar-refractivity contribution is 5.79. The number of aromatic nitrogens is 2. The summed E-state index contributed by atoms with van der Waals surface area (Å²) in [5.41, 5.74) is 3.05. The Morgan fingerprint density at radius 2 is 1.70 bits per heavy atom. The molecule has 1 aliphatic rings. The summed E-state index contributed by atoms with van der Waals surface area (Å²) in [6, 6.07) is 0.292. The SMILES string of the molecule is CC(=O)N1CCCN(C(=O)Cc2c(C)nn(C(C)C)c2C)CC1. The number of amides is 2. The summed E-state index contributed by atoms with van der Waals surface area (Å²) in [5, 5.41) is 4.55. The van der Waals surface area contributed by atoms with Crippen LogP contribution in [0.4, 0.5) is 0 Å². The van der Waals surface area contributed by atoms with Gasteiger partial charge in [0.05, 0.1) is 12.1 Å². The molecular weight excluding hydrogens is 292 g/mol. The Labute approximate surface area is 138 Å². The van der Waals surface area contributed by atoms with Gasteiger partial charge in [-0.05, 0) is 34.1 Å². The summed E-state index contributed by atoms with van der Waals surface area (Å²) in [5.74, 6) is 0.217. The predicted molar refractivity (Wildman–Crippen MR) is 89.2 cm³/mol. The number of rotatable bonds is 3. The Kier molecular flexibility index (Phi) is 5.44. The first kappa shape index (κ1) is 17.5. The number of hydrogen-bond donors (Lipinski definition) is 0. The van der Waals surface area contributed by atoms with Gasteiger partial charge in [0.25, 0.3) is 0 Å². The van der Waals surface area contributed by atoms with Gasteiger partial charge < -0.3 is 9.80 Å². The fraction of sp³-hybridized carbons (Fsp3) is 0.706. The fourth-order valence-electron chi connectivity index (χ4n) is 3.20. The van der Waals surface area contributed by atoms with Crippen molar-refractivity contribution in [3.05, 3.63) is 17.0 Å². The Morgan fingerprint density at radius 3 is 2.26 bits per heavy atom. The number of carbonyl (C=O) groups is 2. The van der Waals surface area contributed by atoms with Crippen LogP contribution in [0.25, 0.3) is 0 Å². The average Bonchev–Trinajstić information content (AvgIpc) is 2.70. The molecule has 2 rings (SSSR count). The Bertz CT molecular complexity index is 592. The number of hydrogen-bond acceptors (Lipinski definition) is 3. The van der Waals surface area contributed by atoms with Crippen molar-refractivity contribution in [1.82, 2.24) is 19.6 Å². The van der Waals surface area contributed by atoms with Crippen molar-refractivity contribution in [3.63, 3.8) is 0 Å². The van der Waals surface area contributed by atoms with E-state index in [1.54, 1.807) is 6.92 Å². The van der Waals surface area contributed by atoms with Gasteiger partial charge in [-0.2, -0.15) is 5.10 Å². The quantitative estimate of drug-likeness (QED) is 0.852. The largest absolute Gasteiger partial charge is 0.341 e. The average molecular weight is 320 g/mol. The van der Waals surface area contributed by atoms with Crippen LogP contribution in [-0.4, -0.2) is 57.6 Å². The molecule has 0 saturated carbocycles. The van der Waals surface area contributed by atoms with Crippen LogP contribution in [-0.2, 0) is 16.0 Å². The standard InChI is InChI=1S/C17H28N4O2/c1-12(2)21-14(4)16(13(3)18-21)11-17(23)20-8-6-7-19(9-10-20)15(5)22/h12H,6-11H2,1-5H3. The minimum Gasteiger partial charge on any atom is -0.341 e. The molecule has 1 aromatic heterocycles. The van der Waals surface area contributed by atoms with E-state index in [4.69, 9.17) is 0 Å². The third kappa shape index (κ3) is 3.92. The van der Waals surface area contributed by atoms with Crippen LogP contribution < -0.4 is 0 Å². The topological polar surface area (TPSA) is 58.4 Å². The van der Waals surface area contributed by atoms with Crippen LogP contribution in [0.2, 0.25) is 0 Å². The van der Waals surface area contributed by atoms with Gasteiger partial charge in [-0.25, -0.2) is 0 Å². The molecule has 2 heterocycles. The lowest BCUT2D eigenvalue weighted by atomic mass is 10.1. The van der Waals surface area contributed by atoms with Crippen molar-refractivity contribution in [2.24, 2.45) is 0 Å². The summed E-state index contributed by atoms with van der Waals surface area (Å²) >= 11 is 0. The summed E-state index contributed by atoms with van der Waals surface area (Å²) in [6.45, 7) is 12.5. The molecule has 0 spiro atoms. The van der Waals surface area contributed by atoms with Crippen LogP contribution in [0.3, 0.4) is 0 Å². The Balaban J connectivity index is 2.06. The van der Waals surface area contributed by atoms with Crippen LogP contribution in [0.1, 0.15) is 50.2 Å². The molecule has 0 bridgehead atoms. The number of nitrogens with zero attached hydrogens (tertiary/aromatic N) is 4. The molecule has 0 radical (unpaired) electrons. The molecule has 1 aliphatic heterocycles. The second-order valence-electron chi connectivity index (χ2n) is 6.60. The number of aryl methyl sites for hydroxylation is 1. The lowest BCUT2D eigenvalue weighted by Crippen LogP contribution is -2.37. The molecule has 2 amide bonds. The molecule has 23 heavy (non-hydrogen) atoms. The first-order valence-electron chi connectivity index (χ1n) is 8.39. The monoisotopic (exact) mass is 320 g/mol. The summed E-state index contributed by atoms with van der Waals surface area (Å²) in [7, 11) is 0. The molecule has 0 aromatic carbocycles. The van der Waals surface area contributed by atoms with Gasteiger partial charge in [-0.1, -0.05) is 0 Å². The van der Waals surface area contributed by atoms with E-state index in [1.807, 2.05) is 28.3 Å². The molecule has 0 N–H and O–H groups in total. The first-order chi connectivity index (χ1) is 10.8. The van der Waals surface area contributed by atoms with E-state index in [1.165, 1.54) is 0 Å². The molecule has 0 atom stereocenters. The summed E-state index contributed by atoms with van der Waals surface area (Å²) < 4.78 is 1.98. The molecule has 1 saturated heterocycles. The van der Waals surface area contributed by atoms with E-state index in [9.17, 15) is 9.59 Å². The first-order valence-corrected chi connectivity index (χ1v) is 8.39. The van der Waals surface area contributed by atoms with Gasteiger partial charge in [0.1, 0.15) is 0 Å². The molecule has 0 aliphatic carbocycles. The normalized spacial score (nSPS) is 15.9. The maximum absolute atomic E-state index is 12.7. The maximum Gasteiger partial charge on any atom is 0.227 e. The molecule has 6 heteroatoms. The third-order valence-electron chi connectivity index (χ3n) is 4.59. The highest BCUT2D eigenvalue weighted by atomic mass is 16.2. The summed E-state index contributed by atoms with van der Waals surface area (Å²) in [4.78, 5) is 27.9. The highest BCUT2D eigenvalue weighted by Gasteiger charge is 2.23. The molecule has 1 fully saturated rings. The van der Waals surface area contributed by atoms with Crippen molar-refractivity contribution in [2.75, 3.05) is 26.2 Å². The minimum absolute atomic E-state index is 0.0872. The van der Waals surface area contributed by atoms with Gasteiger partial charge in [0.15, 0.2) is 0 Å². The van der Waals surface area contributed by atoms with Crippen LogP contribution >= 0.6 is 0 Å². The highest BCUT2D eigenvalue weighted by Crippen LogP contribution is 2.19. The summed E-state index contributed by atoms with van der Waals surface area (Å²) in [6.07, 6.45) is 1.24. The second-order valence-corrected chi connectivity index (χ2v) is 6.60. The lowest BCUT2D eigenvalue weighted by molar-refractivity contribution is -0.132. The zero-order valence-corrected chi connectivity index (χ0v) is 14.9. The van der Waals surface area contributed by atoms with E-state index in [2.05, 4.69) is 18.9 Å². The van der Waals surface area contributed by atoms with E-state index < -0.39 is 0 Å². The molecule has 6 nitrogen and oxygen atoms in total. The molecule has 0 unspecified atom stereocenters. The van der Waals surface area contributed by atoms with Crippen molar-refractivity contribution in [2.45, 2.75) is 53.5 Å². The van der Waals surface area contributed by atoms with Crippen LogP contribution in [0, 0.1) is 13.8 Å². The van der Waals surface area contributed by atoms with Crippen molar-refractivity contribution >= 4 is 11.8 Å². The predicted octanol–water partition coefficient (Wildman–Crippen LogP) is 1.70. The van der Waals surface area contributed by atoms with E-state index >= 15 is 0 Å². The van der Waals surface area contributed by atoms with E-state index in [0.717, 1.165) is 36.5 Å². The van der Waals surface area contributed by atoms with E-state index in [-0.39, 0.29) is 11.8 Å². The molecule has 1 aromatic rings. The zero-order chi connectivity index (χ0) is 17.1. The van der Waals surface area contributed by atoms with Crippen molar-refractivity contribution in [3.8, 4) is 0 Å². The molecular formula is C17H28N4O2. The zero-order valence-electron chi connectivity index (χ0n) is 14.9. The Hall–Kier alpha value is -1.85. The lowest BCUT2D eigenvalue weighted by Gasteiger charge is -2.21. The van der Waals surface area contributed by atoms with E-state index in [0.29, 0.717) is 25.6 Å². The maximum atomic E-state index is 12.7. The van der Waals surface area contributed by atoms with Crippen molar-refractivity contribution in [1.29, 1.82) is 0 Å². The minimum atomic E-state index is 0.0872. The van der Waals surface area contributed by atoms with Gasteiger partial charge in [0.2, 0.25) is 11.8 Å². The third-order valence-corrected chi connectivity index (χ3v) is 4.59. The van der Waals surface area contributed by atoms with Gasteiger partial charge in [-0.15, -0.1) is 0 Å². The fourth-order valence-corrected chi connectivity index (χ4v) is 3.20.